The molecule has 18 heavy (non-hydrogen) atoms. The summed E-state index contributed by atoms with van der Waals surface area (Å²) in [5, 5.41) is 6.46. The summed E-state index contributed by atoms with van der Waals surface area (Å²) in [6.45, 7) is 6.59. The van der Waals surface area contributed by atoms with Gasteiger partial charge >= 0.3 is 0 Å². The largest absolute Gasteiger partial charge is 0.354 e. The fraction of sp³-hybridized carbons (Fsp3) is 0.933. The van der Waals surface area contributed by atoms with Crippen molar-refractivity contribution in [1.29, 1.82) is 0 Å². The van der Waals surface area contributed by atoms with E-state index in [0.717, 1.165) is 19.5 Å². The van der Waals surface area contributed by atoms with Gasteiger partial charge in [-0.1, -0.05) is 20.3 Å². The van der Waals surface area contributed by atoms with Gasteiger partial charge in [-0.05, 0) is 56.4 Å². The molecule has 1 aliphatic carbocycles. The molecule has 3 nitrogen and oxygen atoms in total. The molecule has 0 aromatic carbocycles. The van der Waals surface area contributed by atoms with E-state index < -0.39 is 0 Å². The number of nitrogens with one attached hydrogen (secondary N) is 2. The molecular weight excluding hydrogens is 224 g/mol. The van der Waals surface area contributed by atoms with E-state index in [1.807, 2.05) is 0 Å². The number of piperidine rings is 1. The van der Waals surface area contributed by atoms with Crippen molar-refractivity contribution in [3.05, 3.63) is 0 Å². The molecule has 0 radical (unpaired) electrons. The third kappa shape index (κ3) is 3.98. The Morgan fingerprint density at radius 2 is 1.94 bits per heavy atom. The third-order valence-electron chi connectivity index (χ3n) is 4.65. The lowest BCUT2D eigenvalue weighted by atomic mass is 9.73. The maximum Gasteiger partial charge on any atom is 0.237 e. The number of carbonyl (C=O) groups is 1. The molecule has 0 aromatic heterocycles. The minimum atomic E-state index is 0.0683. The lowest BCUT2D eigenvalue weighted by molar-refractivity contribution is -0.123. The standard InChI is InChI=1S/C15H28N2O/c1-15(2)8-6-12(7-9-15)11-17-14(18)13-5-3-4-10-16-13/h12-13,16H,3-11H2,1-2H3,(H,17,18). The Morgan fingerprint density at radius 3 is 2.56 bits per heavy atom. The molecule has 2 fully saturated rings. The molecule has 1 saturated heterocycles. The van der Waals surface area contributed by atoms with Gasteiger partial charge in [0, 0.05) is 6.54 Å². The Labute approximate surface area is 111 Å². The van der Waals surface area contributed by atoms with Crippen molar-refractivity contribution in [2.75, 3.05) is 13.1 Å². The highest BCUT2D eigenvalue weighted by atomic mass is 16.2. The minimum Gasteiger partial charge on any atom is -0.354 e. The Kier molecular flexibility index (Phi) is 4.66. The maximum atomic E-state index is 12.0. The quantitative estimate of drug-likeness (QED) is 0.810. The number of hydrogen-bond donors (Lipinski definition) is 2. The van der Waals surface area contributed by atoms with E-state index in [1.54, 1.807) is 0 Å². The lowest BCUT2D eigenvalue weighted by Crippen LogP contribution is -2.47. The monoisotopic (exact) mass is 252 g/mol. The van der Waals surface area contributed by atoms with E-state index in [1.165, 1.54) is 38.5 Å². The minimum absolute atomic E-state index is 0.0683. The SMILES string of the molecule is CC1(C)CCC(CNC(=O)C2CCCCN2)CC1. The fourth-order valence-electron chi connectivity index (χ4n) is 3.11. The number of rotatable bonds is 3. The van der Waals surface area contributed by atoms with Crippen molar-refractivity contribution >= 4 is 5.91 Å². The van der Waals surface area contributed by atoms with E-state index in [-0.39, 0.29) is 11.9 Å². The molecule has 1 heterocycles. The zero-order chi connectivity index (χ0) is 13.0. The van der Waals surface area contributed by atoms with Crippen LogP contribution in [-0.4, -0.2) is 25.0 Å². The Balaban J connectivity index is 1.67. The van der Waals surface area contributed by atoms with Crippen LogP contribution in [0.3, 0.4) is 0 Å². The van der Waals surface area contributed by atoms with Gasteiger partial charge in [-0.3, -0.25) is 4.79 Å². The van der Waals surface area contributed by atoms with Gasteiger partial charge in [-0.15, -0.1) is 0 Å². The van der Waals surface area contributed by atoms with Gasteiger partial charge in [0.1, 0.15) is 0 Å². The van der Waals surface area contributed by atoms with Crippen molar-refractivity contribution in [2.24, 2.45) is 11.3 Å². The van der Waals surface area contributed by atoms with Crippen molar-refractivity contribution < 1.29 is 4.79 Å². The van der Waals surface area contributed by atoms with Crippen molar-refractivity contribution in [3.8, 4) is 0 Å². The molecule has 2 aliphatic rings. The van der Waals surface area contributed by atoms with E-state index in [9.17, 15) is 4.79 Å². The van der Waals surface area contributed by atoms with Crippen LogP contribution in [0.4, 0.5) is 0 Å². The first-order valence-corrected chi connectivity index (χ1v) is 7.58. The molecule has 3 heteroatoms. The second-order valence-electron chi connectivity index (χ2n) is 6.86. The van der Waals surface area contributed by atoms with Crippen LogP contribution in [0.1, 0.15) is 58.8 Å². The molecule has 1 atom stereocenters. The smallest absolute Gasteiger partial charge is 0.237 e. The van der Waals surface area contributed by atoms with Crippen LogP contribution in [0.2, 0.25) is 0 Å². The summed E-state index contributed by atoms with van der Waals surface area (Å²) in [6.07, 6.45) is 8.54. The van der Waals surface area contributed by atoms with Crippen LogP contribution < -0.4 is 10.6 Å². The molecule has 2 N–H and O–H groups in total. The fourth-order valence-corrected chi connectivity index (χ4v) is 3.11. The van der Waals surface area contributed by atoms with Crippen LogP contribution in [0.15, 0.2) is 0 Å². The van der Waals surface area contributed by atoms with Gasteiger partial charge in [0.2, 0.25) is 5.91 Å². The highest BCUT2D eigenvalue weighted by Gasteiger charge is 2.27. The summed E-state index contributed by atoms with van der Waals surface area (Å²) in [5.41, 5.74) is 0.519. The molecule has 1 unspecified atom stereocenters. The van der Waals surface area contributed by atoms with Gasteiger partial charge < -0.3 is 10.6 Å². The van der Waals surface area contributed by atoms with E-state index in [0.29, 0.717) is 11.3 Å². The molecule has 0 bridgehead atoms. The number of amides is 1. The third-order valence-corrected chi connectivity index (χ3v) is 4.65. The second-order valence-corrected chi connectivity index (χ2v) is 6.86. The van der Waals surface area contributed by atoms with Crippen molar-refractivity contribution in [1.82, 2.24) is 10.6 Å². The summed E-state index contributed by atoms with van der Waals surface area (Å²) in [5.74, 6) is 0.921. The van der Waals surface area contributed by atoms with Crippen molar-refractivity contribution in [3.63, 3.8) is 0 Å². The maximum absolute atomic E-state index is 12.0. The summed E-state index contributed by atoms with van der Waals surface area (Å²) in [4.78, 5) is 12.0. The van der Waals surface area contributed by atoms with Crippen LogP contribution >= 0.6 is 0 Å². The zero-order valence-corrected chi connectivity index (χ0v) is 11.9. The lowest BCUT2D eigenvalue weighted by Gasteiger charge is -2.34. The first kappa shape index (κ1) is 13.9. The average Bonchev–Trinajstić information content (AvgIpc) is 2.38. The topological polar surface area (TPSA) is 41.1 Å². The predicted molar refractivity (Wildman–Crippen MR) is 74.4 cm³/mol. The first-order valence-electron chi connectivity index (χ1n) is 7.58. The molecular formula is C15H28N2O. The Hall–Kier alpha value is -0.570. The van der Waals surface area contributed by atoms with Gasteiger partial charge in [-0.2, -0.15) is 0 Å². The Bertz CT molecular complexity index is 272. The summed E-state index contributed by atoms with van der Waals surface area (Å²) in [7, 11) is 0. The molecule has 0 aromatic rings. The molecule has 1 aliphatic heterocycles. The van der Waals surface area contributed by atoms with E-state index >= 15 is 0 Å². The van der Waals surface area contributed by atoms with Crippen LogP contribution in [-0.2, 0) is 4.79 Å². The number of hydrogen-bond acceptors (Lipinski definition) is 2. The number of carbonyl (C=O) groups excluding carboxylic acids is 1. The van der Waals surface area contributed by atoms with Gasteiger partial charge in [0.15, 0.2) is 0 Å². The van der Waals surface area contributed by atoms with Crippen LogP contribution in [0.25, 0.3) is 0 Å². The van der Waals surface area contributed by atoms with Crippen LogP contribution in [0.5, 0.6) is 0 Å². The summed E-state index contributed by atoms with van der Waals surface area (Å²) >= 11 is 0. The average molecular weight is 252 g/mol. The zero-order valence-electron chi connectivity index (χ0n) is 11.9. The van der Waals surface area contributed by atoms with Crippen molar-refractivity contribution in [2.45, 2.75) is 64.8 Å². The Morgan fingerprint density at radius 1 is 1.22 bits per heavy atom. The summed E-state index contributed by atoms with van der Waals surface area (Å²) < 4.78 is 0. The predicted octanol–water partition coefficient (Wildman–Crippen LogP) is 2.46. The summed E-state index contributed by atoms with van der Waals surface area (Å²) in [6, 6.07) is 0.0683. The van der Waals surface area contributed by atoms with E-state index in [2.05, 4.69) is 24.5 Å². The van der Waals surface area contributed by atoms with Gasteiger partial charge in [0.05, 0.1) is 6.04 Å². The van der Waals surface area contributed by atoms with Gasteiger partial charge in [0.25, 0.3) is 0 Å². The normalized spacial score (nSPS) is 28.9. The first-order chi connectivity index (χ1) is 8.57. The van der Waals surface area contributed by atoms with Gasteiger partial charge in [-0.25, -0.2) is 0 Å². The molecule has 0 spiro atoms. The second kappa shape index (κ2) is 6.05. The molecule has 104 valence electrons. The highest BCUT2D eigenvalue weighted by Crippen LogP contribution is 2.37. The molecule has 1 amide bonds. The molecule has 2 rings (SSSR count). The molecule has 1 saturated carbocycles. The van der Waals surface area contributed by atoms with Crippen LogP contribution in [0, 0.1) is 11.3 Å². The highest BCUT2D eigenvalue weighted by molar-refractivity contribution is 5.81. The van der Waals surface area contributed by atoms with E-state index in [4.69, 9.17) is 0 Å².